The summed E-state index contributed by atoms with van der Waals surface area (Å²) in [6, 6.07) is 15.9. The minimum Gasteiger partial charge on any atom is -0.508 e. The average Bonchev–Trinajstić information content (AvgIpc) is 2.69. The van der Waals surface area contributed by atoms with Gasteiger partial charge in [-0.1, -0.05) is 62.2 Å². The van der Waals surface area contributed by atoms with Gasteiger partial charge in [0.1, 0.15) is 11.5 Å². The van der Waals surface area contributed by atoms with Crippen molar-refractivity contribution in [1.29, 1.82) is 0 Å². The summed E-state index contributed by atoms with van der Waals surface area (Å²) in [5.41, 5.74) is -0.0594. The number of aliphatic hydroxyl groups excluding tert-OH is 1. The Labute approximate surface area is 159 Å². The van der Waals surface area contributed by atoms with E-state index in [1.807, 2.05) is 18.2 Å². The molecule has 1 aliphatic carbocycles. The van der Waals surface area contributed by atoms with Crippen LogP contribution < -0.4 is 4.74 Å². The predicted molar refractivity (Wildman–Crippen MR) is 105 cm³/mol. The lowest BCUT2D eigenvalue weighted by molar-refractivity contribution is 0.0622. The maximum absolute atomic E-state index is 12.8. The summed E-state index contributed by atoms with van der Waals surface area (Å²) >= 11 is 0. The van der Waals surface area contributed by atoms with Gasteiger partial charge in [0.15, 0.2) is 11.5 Å². The van der Waals surface area contributed by atoms with Crippen molar-refractivity contribution in [2.45, 2.75) is 38.2 Å². The Bertz CT molecular complexity index is 867. The topological polar surface area (TPSA) is 66.8 Å². The highest BCUT2D eigenvalue weighted by molar-refractivity contribution is 6.10. The molecule has 1 atom stereocenters. The van der Waals surface area contributed by atoms with Crippen molar-refractivity contribution in [3.63, 3.8) is 0 Å². The Kier molecular flexibility index (Phi) is 5.77. The normalized spacial score (nSPS) is 19.2. The molecule has 0 spiro atoms. The first kappa shape index (κ1) is 18.9. The number of carbonyl (C=O) groups is 1. The van der Waals surface area contributed by atoms with Crippen molar-refractivity contribution in [3.05, 3.63) is 89.4 Å². The van der Waals surface area contributed by atoms with E-state index in [-0.39, 0.29) is 23.7 Å². The first-order valence-corrected chi connectivity index (χ1v) is 9.23. The monoisotopic (exact) mass is 364 g/mol. The Morgan fingerprint density at radius 1 is 1.11 bits per heavy atom. The summed E-state index contributed by atoms with van der Waals surface area (Å²) < 4.78 is 5.85. The number of hydrogen-bond acceptors (Lipinski definition) is 4. The predicted octanol–water partition coefficient (Wildman–Crippen LogP) is 4.95. The molecule has 2 aromatic rings. The third kappa shape index (κ3) is 4.47. The molecule has 1 aliphatic rings. The van der Waals surface area contributed by atoms with Crippen molar-refractivity contribution in [3.8, 4) is 5.75 Å². The van der Waals surface area contributed by atoms with Gasteiger partial charge in [0.05, 0.1) is 11.2 Å². The zero-order chi connectivity index (χ0) is 19.3. The van der Waals surface area contributed by atoms with Crippen LogP contribution in [0.15, 0.2) is 78.3 Å². The van der Waals surface area contributed by atoms with Gasteiger partial charge < -0.3 is 14.9 Å². The molecular weight excluding hydrogens is 340 g/mol. The minimum absolute atomic E-state index is 0.0157. The molecule has 4 nitrogen and oxygen atoms in total. The molecule has 4 heteroatoms. The van der Waals surface area contributed by atoms with Crippen LogP contribution in [0, 0.1) is 0 Å². The second-order valence-electron chi connectivity index (χ2n) is 6.82. The minimum atomic E-state index is -1.05. The summed E-state index contributed by atoms with van der Waals surface area (Å²) in [4.78, 5) is 12.8. The molecule has 2 N–H and O–H groups in total. The number of unbranched alkanes of at least 4 members (excludes halogenated alkanes) is 1. The van der Waals surface area contributed by atoms with Crippen LogP contribution in [0.25, 0.3) is 0 Å². The Hall–Kier alpha value is -2.85. The van der Waals surface area contributed by atoms with Gasteiger partial charge >= 0.3 is 0 Å². The second kappa shape index (κ2) is 8.23. The summed E-state index contributed by atoms with van der Waals surface area (Å²) in [6.07, 6.45) is 5.78. The van der Waals surface area contributed by atoms with Gasteiger partial charge in [-0.25, -0.2) is 0 Å². The highest BCUT2D eigenvalue weighted by Gasteiger charge is 2.30. The van der Waals surface area contributed by atoms with Crippen LogP contribution in [0.4, 0.5) is 0 Å². The fraction of sp³-hybridized carbons (Fsp3) is 0.261. The number of aliphatic hydroxyl groups is 2. The fourth-order valence-electron chi connectivity index (χ4n) is 3.12. The molecule has 0 aromatic heterocycles. The van der Waals surface area contributed by atoms with Crippen molar-refractivity contribution >= 4 is 5.78 Å². The molecule has 27 heavy (non-hydrogen) atoms. The molecule has 0 fully saturated rings. The Morgan fingerprint density at radius 2 is 1.81 bits per heavy atom. The van der Waals surface area contributed by atoms with Gasteiger partial charge in [0, 0.05) is 12.0 Å². The van der Waals surface area contributed by atoms with Crippen LogP contribution in [0.3, 0.4) is 0 Å². The van der Waals surface area contributed by atoms with Crippen LogP contribution >= 0.6 is 0 Å². The quantitative estimate of drug-likeness (QED) is 0.683. The lowest BCUT2D eigenvalue weighted by atomic mass is 9.88. The Morgan fingerprint density at radius 3 is 2.52 bits per heavy atom. The van der Waals surface area contributed by atoms with E-state index >= 15 is 0 Å². The molecule has 0 saturated carbocycles. The number of rotatable bonds is 7. The lowest BCUT2D eigenvalue weighted by Gasteiger charge is -2.28. The molecule has 1 unspecified atom stereocenters. The summed E-state index contributed by atoms with van der Waals surface area (Å²) in [7, 11) is 0. The van der Waals surface area contributed by atoms with E-state index in [9.17, 15) is 15.0 Å². The number of benzene rings is 2. The van der Waals surface area contributed by atoms with Crippen molar-refractivity contribution in [1.82, 2.24) is 0 Å². The van der Waals surface area contributed by atoms with Crippen LogP contribution in [-0.2, 0) is 0 Å². The van der Waals surface area contributed by atoms with E-state index in [0.29, 0.717) is 23.3 Å². The van der Waals surface area contributed by atoms with Gasteiger partial charge in [0.2, 0.25) is 0 Å². The smallest absolute Gasteiger partial charge is 0.196 e. The van der Waals surface area contributed by atoms with E-state index in [1.54, 1.807) is 48.6 Å². The number of ketones is 1. The molecule has 0 amide bonds. The lowest BCUT2D eigenvalue weighted by Crippen LogP contribution is -2.29. The van der Waals surface area contributed by atoms with E-state index < -0.39 is 5.60 Å². The first-order chi connectivity index (χ1) is 13.0. The van der Waals surface area contributed by atoms with E-state index in [4.69, 9.17) is 4.74 Å². The van der Waals surface area contributed by atoms with Gasteiger partial charge in [-0.2, -0.15) is 0 Å². The zero-order valence-corrected chi connectivity index (χ0v) is 15.4. The standard InChI is InChI=1S/C23H24O4/c1-2-3-14-23(26)15-13-21(19(24)16-23)27-20-12-8-7-11-18(20)22(25)17-9-5-4-6-10-17/h4-13,15,24,26H,2-3,14,16H2,1H3. The van der Waals surface area contributed by atoms with Crippen LogP contribution in [0.2, 0.25) is 0 Å². The number of allylic oxidation sites excluding steroid dienone is 1. The number of carbonyl (C=O) groups excluding carboxylic acids is 1. The molecule has 2 aromatic carbocycles. The maximum Gasteiger partial charge on any atom is 0.196 e. The van der Waals surface area contributed by atoms with Crippen molar-refractivity contribution < 1.29 is 19.7 Å². The maximum atomic E-state index is 12.8. The third-order valence-corrected chi connectivity index (χ3v) is 4.65. The average molecular weight is 364 g/mol. The van der Waals surface area contributed by atoms with E-state index in [1.165, 1.54) is 0 Å². The highest BCUT2D eigenvalue weighted by atomic mass is 16.5. The van der Waals surface area contributed by atoms with Crippen molar-refractivity contribution in [2.75, 3.05) is 0 Å². The molecule has 0 heterocycles. The number of ether oxygens (including phenoxy) is 1. The molecule has 0 radical (unpaired) electrons. The van der Waals surface area contributed by atoms with Crippen LogP contribution in [0.5, 0.6) is 5.75 Å². The number of para-hydroxylation sites is 1. The van der Waals surface area contributed by atoms with Crippen LogP contribution in [0.1, 0.15) is 48.5 Å². The highest BCUT2D eigenvalue weighted by Crippen LogP contribution is 2.32. The SMILES string of the molecule is CCCCC1(O)C=CC(Oc2ccccc2C(=O)c2ccccc2)=C(O)C1. The summed E-state index contributed by atoms with van der Waals surface area (Å²) in [6.45, 7) is 2.06. The second-order valence-corrected chi connectivity index (χ2v) is 6.82. The van der Waals surface area contributed by atoms with Gasteiger partial charge in [0.25, 0.3) is 0 Å². The zero-order valence-electron chi connectivity index (χ0n) is 15.4. The first-order valence-electron chi connectivity index (χ1n) is 9.23. The fourth-order valence-corrected chi connectivity index (χ4v) is 3.12. The van der Waals surface area contributed by atoms with E-state index in [2.05, 4.69) is 6.92 Å². The molecule has 0 bridgehead atoms. The molecule has 0 aliphatic heterocycles. The summed E-state index contributed by atoms with van der Waals surface area (Å²) in [5.74, 6) is 0.463. The molecule has 0 saturated heterocycles. The Balaban J connectivity index is 1.82. The van der Waals surface area contributed by atoms with Gasteiger partial charge in [-0.05, 0) is 30.7 Å². The molecular formula is C23H24O4. The summed E-state index contributed by atoms with van der Waals surface area (Å²) in [5, 5.41) is 20.9. The molecule has 3 rings (SSSR count). The largest absolute Gasteiger partial charge is 0.508 e. The van der Waals surface area contributed by atoms with Crippen molar-refractivity contribution in [2.24, 2.45) is 0 Å². The van der Waals surface area contributed by atoms with Gasteiger partial charge in [-0.3, -0.25) is 4.79 Å². The van der Waals surface area contributed by atoms with Gasteiger partial charge in [-0.15, -0.1) is 0 Å². The third-order valence-electron chi connectivity index (χ3n) is 4.65. The van der Waals surface area contributed by atoms with Crippen LogP contribution in [-0.4, -0.2) is 21.6 Å². The van der Waals surface area contributed by atoms with E-state index in [0.717, 1.165) is 12.8 Å². The number of hydrogen-bond donors (Lipinski definition) is 2. The molecule has 140 valence electrons.